The van der Waals surface area contributed by atoms with Crippen LogP contribution in [0.15, 0.2) is 17.1 Å². The third-order valence-electron chi connectivity index (χ3n) is 4.18. The third kappa shape index (κ3) is 3.88. The van der Waals surface area contributed by atoms with Crippen LogP contribution in [0, 0.1) is 0 Å². The Kier molecular flexibility index (Phi) is 5.60. The Hall–Kier alpha value is -1.82. The van der Waals surface area contributed by atoms with E-state index in [9.17, 15) is 19.8 Å². The van der Waals surface area contributed by atoms with Crippen LogP contribution >= 0.6 is 0 Å². The fourth-order valence-corrected chi connectivity index (χ4v) is 2.94. The SMILES string of the molecule is CCCCC(C(=O)O)n1cc(O)c(=O)cc1CN1CCCC1. The first-order chi connectivity index (χ1) is 10.5. The quantitative estimate of drug-likeness (QED) is 0.804. The average molecular weight is 308 g/mol. The van der Waals surface area contributed by atoms with Crippen molar-refractivity contribution in [2.45, 2.75) is 51.6 Å². The number of carbonyl (C=O) groups is 1. The summed E-state index contributed by atoms with van der Waals surface area (Å²) in [6, 6.07) is 0.624. The summed E-state index contributed by atoms with van der Waals surface area (Å²) < 4.78 is 1.56. The molecule has 122 valence electrons. The van der Waals surface area contributed by atoms with Gasteiger partial charge in [0.05, 0.1) is 6.20 Å². The Labute approximate surface area is 130 Å². The number of hydrogen-bond donors (Lipinski definition) is 2. The van der Waals surface area contributed by atoms with Gasteiger partial charge >= 0.3 is 5.97 Å². The molecule has 2 heterocycles. The van der Waals surface area contributed by atoms with Crippen LogP contribution in [0.5, 0.6) is 5.75 Å². The number of likely N-dealkylation sites (tertiary alicyclic amines) is 1. The number of aromatic nitrogens is 1. The molecule has 0 radical (unpaired) electrons. The second-order valence-corrected chi connectivity index (χ2v) is 5.90. The molecule has 1 fully saturated rings. The van der Waals surface area contributed by atoms with Crippen LogP contribution in [-0.2, 0) is 11.3 Å². The molecular weight excluding hydrogens is 284 g/mol. The summed E-state index contributed by atoms with van der Waals surface area (Å²) in [5.41, 5.74) is 0.207. The molecule has 0 amide bonds. The Morgan fingerprint density at radius 1 is 1.36 bits per heavy atom. The van der Waals surface area contributed by atoms with E-state index in [2.05, 4.69) is 4.90 Å². The predicted molar refractivity (Wildman–Crippen MR) is 83.1 cm³/mol. The molecule has 2 N–H and O–H groups in total. The Morgan fingerprint density at radius 2 is 2.05 bits per heavy atom. The molecule has 1 unspecified atom stereocenters. The number of carboxylic acid groups (broad SMARTS) is 1. The first kappa shape index (κ1) is 16.5. The van der Waals surface area contributed by atoms with E-state index in [4.69, 9.17) is 0 Å². The monoisotopic (exact) mass is 308 g/mol. The third-order valence-corrected chi connectivity index (χ3v) is 4.18. The van der Waals surface area contributed by atoms with Gasteiger partial charge in [0.15, 0.2) is 5.75 Å². The van der Waals surface area contributed by atoms with Crippen LogP contribution in [0.3, 0.4) is 0 Å². The molecular formula is C16H24N2O4. The van der Waals surface area contributed by atoms with E-state index in [0.717, 1.165) is 38.8 Å². The molecule has 22 heavy (non-hydrogen) atoms. The molecule has 1 aromatic rings. The van der Waals surface area contributed by atoms with Crippen LogP contribution in [0.4, 0.5) is 0 Å². The summed E-state index contributed by atoms with van der Waals surface area (Å²) in [5, 5.41) is 19.2. The van der Waals surface area contributed by atoms with Crippen LogP contribution in [0.2, 0.25) is 0 Å². The molecule has 6 heteroatoms. The smallest absolute Gasteiger partial charge is 0.326 e. The maximum absolute atomic E-state index is 11.7. The molecule has 1 saturated heterocycles. The number of hydrogen-bond acceptors (Lipinski definition) is 4. The van der Waals surface area contributed by atoms with Gasteiger partial charge in [0.1, 0.15) is 6.04 Å². The summed E-state index contributed by atoms with van der Waals surface area (Å²) in [7, 11) is 0. The molecule has 0 spiro atoms. The lowest BCUT2D eigenvalue weighted by Crippen LogP contribution is -2.28. The van der Waals surface area contributed by atoms with Crippen molar-refractivity contribution in [3.05, 3.63) is 28.2 Å². The van der Waals surface area contributed by atoms with E-state index in [1.54, 1.807) is 4.57 Å². The molecule has 1 atom stereocenters. The highest BCUT2D eigenvalue weighted by atomic mass is 16.4. The van der Waals surface area contributed by atoms with Crippen molar-refractivity contribution in [1.82, 2.24) is 9.47 Å². The molecule has 6 nitrogen and oxygen atoms in total. The summed E-state index contributed by atoms with van der Waals surface area (Å²) in [6.45, 7) is 4.47. The normalized spacial score (nSPS) is 16.8. The number of pyridine rings is 1. The van der Waals surface area contributed by atoms with Crippen molar-refractivity contribution in [3.8, 4) is 5.75 Å². The van der Waals surface area contributed by atoms with Crippen LogP contribution in [-0.4, -0.2) is 38.7 Å². The second kappa shape index (κ2) is 7.45. The fraction of sp³-hybridized carbons (Fsp3) is 0.625. The number of unbranched alkanes of at least 4 members (excludes halogenated alkanes) is 1. The molecule has 0 aliphatic carbocycles. The minimum Gasteiger partial charge on any atom is -0.503 e. The van der Waals surface area contributed by atoms with Crippen molar-refractivity contribution in [3.63, 3.8) is 0 Å². The zero-order valence-corrected chi connectivity index (χ0v) is 13.0. The van der Waals surface area contributed by atoms with Crippen LogP contribution in [0.1, 0.15) is 50.8 Å². The number of aromatic hydroxyl groups is 1. The fourth-order valence-electron chi connectivity index (χ4n) is 2.94. The lowest BCUT2D eigenvalue weighted by Gasteiger charge is -2.23. The standard InChI is InChI=1S/C16H24N2O4/c1-2-3-6-13(16(21)22)18-11-15(20)14(19)9-12(18)10-17-7-4-5-8-17/h9,11,13,20H,2-8,10H2,1H3,(H,21,22). The summed E-state index contributed by atoms with van der Waals surface area (Å²) in [6.07, 6.45) is 5.70. The molecule has 1 aliphatic heterocycles. The van der Waals surface area contributed by atoms with Crippen molar-refractivity contribution in [2.24, 2.45) is 0 Å². The molecule has 1 aromatic heterocycles. The highest BCUT2D eigenvalue weighted by Gasteiger charge is 2.23. The van der Waals surface area contributed by atoms with Crippen molar-refractivity contribution in [1.29, 1.82) is 0 Å². The van der Waals surface area contributed by atoms with Gasteiger partial charge in [-0.3, -0.25) is 9.69 Å². The van der Waals surface area contributed by atoms with Gasteiger partial charge < -0.3 is 14.8 Å². The van der Waals surface area contributed by atoms with Crippen molar-refractivity contribution in [2.75, 3.05) is 13.1 Å². The largest absolute Gasteiger partial charge is 0.503 e. The number of aliphatic carboxylic acids is 1. The van der Waals surface area contributed by atoms with Gasteiger partial charge in [-0.15, -0.1) is 0 Å². The second-order valence-electron chi connectivity index (χ2n) is 5.90. The number of nitrogens with zero attached hydrogens (tertiary/aromatic N) is 2. The van der Waals surface area contributed by atoms with Gasteiger partial charge in [-0.05, 0) is 32.4 Å². The predicted octanol–water partition coefficient (Wildman–Crippen LogP) is 1.97. The van der Waals surface area contributed by atoms with E-state index in [0.29, 0.717) is 18.7 Å². The first-order valence-corrected chi connectivity index (χ1v) is 7.92. The van der Waals surface area contributed by atoms with Gasteiger partial charge in [-0.2, -0.15) is 0 Å². The van der Waals surface area contributed by atoms with E-state index in [1.165, 1.54) is 12.3 Å². The molecule has 0 bridgehead atoms. The van der Waals surface area contributed by atoms with Gasteiger partial charge in [0.2, 0.25) is 5.43 Å². The molecule has 1 aliphatic rings. The highest BCUT2D eigenvalue weighted by Crippen LogP contribution is 2.21. The Bertz CT molecular complexity index is 576. The van der Waals surface area contributed by atoms with E-state index >= 15 is 0 Å². The van der Waals surface area contributed by atoms with Gasteiger partial charge in [0.25, 0.3) is 0 Å². The molecule has 2 rings (SSSR count). The van der Waals surface area contributed by atoms with Crippen molar-refractivity contribution < 1.29 is 15.0 Å². The van der Waals surface area contributed by atoms with Crippen molar-refractivity contribution >= 4 is 5.97 Å². The van der Waals surface area contributed by atoms with Gasteiger partial charge in [0, 0.05) is 18.3 Å². The van der Waals surface area contributed by atoms with Crippen LogP contribution < -0.4 is 5.43 Å². The zero-order valence-electron chi connectivity index (χ0n) is 13.0. The first-order valence-electron chi connectivity index (χ1n) is 7.92. The summed E-state index contributed by atoms with van der Waals surface area (Å²) >= 11 is 0. The topological polar surface area (TPSA) is 82.8 Å². The molecule has 0 aromatic carbocycles. The number of rotatable bonds is 7. The average Bonchev–Trinajstić information content (AvgIpc) is 2.96. The van der Waals surface area contributed by atoms with Crippen LogP contribution in [0.25, 0.3) is 0 Å². The Balaban J connectivity index is 2.35. The number of carboxylic acids is 1. The summed E-state index contributed by atoms with van der Waals surface area (Å²) in [4.78, 5) is 25.5. The minimum absolute atomic E-state index is 0.395. The maximum Gasteiger partial charge on any atom is 0.326 e. The van der Waals surface area contributed by atoms with Gasteiger partial charge in [-0.1, -0.05) is 19.8 Å². The summed E-state index contributed by atoms with van der Waals surface area (Å²) in [5.74, 6) is -1.33. The lowest BCUT2D eigenvalue weighted by atomic mass is 10.1. The van der Waals surface area contributed by atoms with E-state index < -0.39 is 23.2 Å². The maximum atomic E-state index is 11.7. The highest BCUT2D eigenvalue weighted by molar-refractivity contribution is 5.72. The lowest BCUT2D eigenvalue weighted by molar-refractivity contribution is -0.141. The van der Waals surface area contributed by atoms with E-state index in [1.807, 2.05) is 6.92 Å². The molecule has 0 saturated carbocycles. The van der Waals surface area contributed by atoms with Gasteiger partial charge in [-0.25, -0.2) is 4.79 Å². The zero-order chi connectivity index (χ0) is 16.1. The van der Waals surface area contributed by atoms with E-state index in [-0.39, 0.29) is 0 Å². The Morgan fingerprint density at radius 3 is 2.64 bits per heavy atom. The minimum atomic E-state index is -0.931.